The van der Waals surface area contributed by atoms with Crippen molar-refractivity contribution in [1.29, 1.82) is 0 Å². The molecule has 3 rings (SSSR count). The Kier molecular flexibility index (Phi) is 4.48. The summed E-state index contributed by atoms with van der Waals surface area (Å²) in [5.41, 5.74) is 0.0154. The van der Waals surface area contributed by atoms with Gasteiger partial charge in [-0.1, -0.05) is 6.07 Å². The lowest BCUT2D eigenvalue weighted by Crippen LogP contribution is -2.32. The molecule has 2 heterocycles. The average molecular weight is 367 g/mol. The lowest BCUT2D eigenvalue weighted by atomic mass is 10.2. The predicted molar refractivity (Wildman–Crippen MR) is 90.2 cm³/mol. The molecule has 2 aromatic heterocycles. The number of benzene rings is 1. The maximum atomic E-state index is 13.3. The molecular weight excluding hydrogens is 353 g/mol. The zero-order chi connectivity index (χ0) is 17.3. The third-order valence-electron chi connectivity index (χ3n) is 3.49. The van der Waals surface area contributed by atoms with E-state index >= 15 is 0 Å². The zero-order valence-corrected chi connectivity index (χ0v) is 14.3. The van der Waals surface area contributed by atoms with Crippen LogP contribution >= 0.6 is 11.3 Å². The normalized spacial score (nSPS) is 11.9. The molecule has 0 aliphatic carbocycles. The summed E-state index contributed by atoms with van der Waals surface area (Å²) in [5.74, 6) is -0.0790. The summed E-state index contributed by atoms with van der Waals surface area (Å²) < 4.78 is 41.5. The van der Waals surface area contributed by atoms with Gasteiger partial charge in [-0.25, -0.2) is 22.5 Å². The van der Waals surface area contributed by atoms with Crippen LogP contribution in [0, 0.1) is 12.7 Å². The molecule has 24 heavy (non-hydrogen) atoms. The molecule has 1 aromatic carbocycles. The molecule has 0 radical (unpaired) electrons. The number of sulfonamides is 1. The minimum Gasteiger partial charge on any atom is -0.295 e. The van der Waals surface area contributed by atoms with Gasteiger partial charge in [0, 0.05) is 13.1 Å². The van der Waals surface area contributed by atoms with E-state index in [-0.39, 0.29) is 22.7 Å². The molecule has 0 fully saturated rings. The van der Waals surface area contributed by atoms with Gasteiger partial charge in [0.2, 0.25) is 10.0 Å². The van der Waals surface area contributed by atoms with E-state index in [9.17, 15) is 17.6 Å². The highest BCUT2D eigenvalue weighted by Crippen LogP contribution is 2.15. The van der Waals surface area contributed by atoms with Crippen molar-refractivity contribution in [3.05, 3.63) is 57.7 Å². The first-order chi connectivity index (χ1) is 11.4. The van der Waals surface area contributed by atoms with Gasteiger partial charge in [0.1, 0.15) is 15.9 Å². The van der Waals surface area contributed by atoms with Gasteiger partial charge in [-0.05, 0) is 36.6 Å². The second-order valence-electron chi connectivity index (χ2n) is 5.11. The molecule has 0 aliphatic rings. The molecule has 126 valence electrons. The van der Waals surface area contributed by atoms with Gasteiger partial charge in [-0.2, -0.15) is 0 Å². The van der Waals surface area contributed by atoms with Gasteiger partial charge in [-0.3, -0.25) is 9.36 Å². The summed E-state index contributed by atoms with van der Waals surface area (Å²) in [6.07, 6.45) is 0. The lowest BCUT2D eigenvalue weighted by Gasteiger charge is -2.11. The summed E-state index contributed by atoms with van der Waals surface area (Å²) in [6.45, 7) is 1.79. The monoisotopic (exact) mass is 367 g/mol. The third kappa shape index (κ3) is 3.23. The van der Waals surface area contributed by atoms with E-state index in [1.165, 1.54) is 22.8 Å². The van der Waals surface area contributed by atoms with E-state index in [1.807, 2.05) is 0 Å². The fourth-order valence-electron chi connectivity index (χ4n) is 2.35. The number of aryl methyl sites for hydroxylation is 1. The van der Waals surface area contributed by atoms with Crippen molar-refractivity contribution in [2.75, 3.05) is 6.54 Å². The van der Waals surface area contributed by atoms with Crippen LogP contribution in [-0.2, 0) is 16.6 Å². The van der Waals surface area contributed by atoms with E-state index in [2.05, 4.69) is 9.71 Å². The van der Waals surface area contributed by atoms with Crippen LogP contribution in [0.4, 0.5) is 4.39 Å². The molecule has 0 spiro atoms. The zero-order valence-electron chi connectivity index (χ0n) is 12.7. The van der Waals surface area contributed by atoms with E-state index in [1.54, 1.807) is 18.4 Å². The molecule has 0 amide bonds. The number of nitrogens with zero attached hydrogens (tertiary/aromatic N) is 2. The molecule has 0 saturated heterocycles. The van der Waals surface area contributed by atoms with Crippen LogP contribution in [-0.4, -0.2) is 24.5 Å². The Labute approximate surface area is 141 Å². The molecule has 0 saturated carbocycles. The van der Waals surface area contributed by atoms with Crippen LogP contribution < -0.4 is 10.3 Å². The summed E-state index contributed by atoms with van der Waals surface area (Å²) >= 11 is 1.11. The SMILES string of the molecule is Cc1nc2ccc(F)cc2c(=O)n1CCNS(=O)(=O)c1cccs1. The van der Waals surface area contributed by atoms with Crippen LogP contribution in [0.3, 0.4) is 0 Å². The summed E-state index contributed by atoms with van der Waals surface area (Å²) in [4.78, 5) is 16.7. The van der Waals surface area contributed by atoms with Crippen molar-refractivity contribution in [2.24, 2.45) is 0 Å². The maximum absolute atomic E-state index is 13.3. The Hall–Kier alpha value is -2.10. The van der Waals surface area contributed by atoms with Crippen molar-refractivity contribution in [1.82, 2.24) is 14.3 Å². The van der Waals surface area contributed by atoms with Crippen molar-refractivity contribution < 1.29 is 12.8 Å². The van der Waals surface area contributed by atoms with Gasteiger partial charge in [0.05, 0.1) is 10.9 Å². The number of thiophene rings is 1. The van der Waals surface area contributed by atoms with Crippen molar-refractivity contribution in [3.63, 3.8) is 0 Å². The van der Waals surface area contributed by atoms with E-state index in [4.69, 9.17) is 0 Å². The Balaban J connectivity index is 1.84. The molecule has 0 aliphatic heterocycles. The van der Waals surface area contributed by atoms with Gasteiger partial charge >= 0.3 is 0 Å². The van der Waals surface area contributed by atoms with Gasteiger partial charge < -0.3 is 0 Å². The largest absolute Gasteiger partial charge is 0.295 e. The Bertz CT molecular complexity index is 1040. The van der Waals surface area contributed by atoms with Gasteiger partial charge in [0.15, 0.2) is 0 Å². The average Bonchev–Trinajstić information content (AvgIpc) is 3.07. The van der Waals surface area contributed by atoms with E-state index in [0.29, 0.717) is 11.3 Å². The third-order valence-corrected chi connectivity index (χ3v) is 6.35. The number of nitrogens with one attached hydrogen (secondary N) is 1. The number of aromatic nitrogens is 2. The summed E-state index contributed by atoms with van der Waals surface area (Å²) in [6, 6.07) is 6.98. The van der Waals surface area contributed by atoms with Crippen molar-refractivity contribution in [2.45, 2.75) is 17.7 Å². The lowest BCUT2D eigenvalue weighted by molar-refractivity contribution is 0.568. The van der Waals surface area contributed by atoms with E-state index < -0.39 is 21.4 Å². The topological polar surface area (TPSA) is 81.1 Å². The van der Waals surface area contributed by atoms with Crippen molar-refractivity contribution >= 4 is 32.3 Å². The number of rotatable bonds is 5. The Morgan fingerprint density at radius 3 is 2.83 bits per heavy atom. The Morgan fingerprint density at radius 1 is 1.33 bits per heavy atom. The second-order valence-corrected chi connectivity index (χ2v) is 8.05. The second kappa shape index (κ2) is 6.42. The van der Waals surface area contributed by atoms with Crippen LogP contribution in [0.2, 0.25) is 0 Å². The fourth-order valence-corrected chi connectivity index (χ4v) is 4.41. The minimum atomic E-state index is -3.59. The van der Waals surface area contributed by atoms with Crippen molar-refractivity contribution in [3.8, 4) is 0 Å². The molecule has 6 nitrogen and oxygen atoms in total. The van der Waals surface area contributed by atoms with Crippen LogP contribution in [0.5, 0.6) is 0 Å². The summed E-state index contributed by atoms with van der Waals surface area (Å²) in [7, 11) is -3.59. The molecule has 0 atom stereocenters. The van der Waals surface area contributed by atoms with Gasteiger partial charge in [-0.15, -0.1) is 11.3 Å². The summed E-state index contributed by atoms with van der Waals surface area (Å²) in [5, 5.41) is 1.84. The highest BCUT2D eigenvalue weighted by Gasteiger charge is 2.15. The van der Waals surface area contributed by atoms with Crippen LogP contribution in [0.25, 0.3) is 10.9 Å². The molecule has 9 heteroatoms. The highest BCUT2D eigenvalue weighted by atomic mass is 32.2. The quantitative estimate of drug-likeness (QED) is 0.747. The van der Waals surface area contributed by atoms with E-state index in [0.717, 1.165) is 17.4 Å². The van der Waals surface area contributed by atoms with Gasteiger partial charge in [0.25, 0.3) is 5.56 Å². The van der Waals surface area contributed by atoms with Crippen LogP contribution in [0.15, 0.2) is 44.7 Å². The number of fused-ring (bicyclic) bond motifs is 1. The highest BCUT2D eigenvalue weighted by molar-refractivity contribution is 7.91. The predicted octanol–water partition coefficient (Wildman–Crippen LogP) is 1.88. The molecule has 3 aromatic rings. The molecule has 1 N–H and O–H groups in total. The maximum Gasteiger partial charge on any atom is 0.261 e. The standard InChI is InChI=1S/C15H14FN3O3S2/c1-10-18-13-5-4-11(16)9-12(13)15(20)19(10)7-6-17-24(21,22)14-3-2-8-23-14/h2-5,8-9,17H,6-7H2,1H3. The Morgan fingerprint density at radius 2 is 2.12 bits per heavy atom. The van der Waals surface area contributed by atoms with Crippen LogP contribution in [0.1, 0.15) is 5.82 Å². The molecule has 0 bridgehead atoms. The first-order valence-corrected chi connectivity index (χ1v) is 9.44. The first-order valence-electron chi connectivity index (χ1n) is 7.08. The fraction of sp³-hybridized carbons (Fsp3) is 0.200. The molecular formula is C15H14FN3O3S2. The first kappa shape index (κ1) is 16.7. The number of hydrogen-bond acceptors (Lipinski definition) is 5. The minimum absolute atomic E-state index is 0.0312. The smallest absolute Gasteiger partial charge is 0.261 e. The number of halogens is 1. The molecule has 0 unspecified atom stereocenters. The number of hydrogen-bond donors (Lipinski definition) is 1.